The molecular formula is C17H18N4O2S2. The molecule has 0 fully saturated rings. The SMILES string of the molecule is Cc1ccc(Nc2nnc(SCC(=O)NCc3ccco3)s2)c(C)c1. The lowest BCUT2D eigenvalue weighted by molar-refractivity contribution is -0.118. The molecule has 0 atom stereocenters. The van der Waals surface area contributed by atoms with Crippen LogP contribution in [0.2, 0.25) is 0 Å². The van der Waals surface area contributed by atoms with Crippen molar-refractivity contribution in [3.8, 4) is 0 Å². The molecule has 0 aliphatic rings. The van der Waals surface area contributed by atoms with Gasteiger partial charge in [-0.05, 0) is 37.6 Å². The number of hydrogen-bond acceptors (Lipinski definition) is 7. The summed E-state index contributed by atoms with van der Waals surface area (Å²) in [7, 11) is 0. The van der Waals surface area contributed by atoms with E-state index < -0.39 is 0 Å². The van der Waals surface area contributed by atoms with Gasteiger partial charge in [0.05, 0.1) is 18.6 Å². The van der Waals surface area contributed by atoms with Gasteiger partial charge in [-0.25, -0.2) is 0 Å². The van der Waals surface area contributed by atoms with Gasteiger partial charge in [0.2, 0.25) is 11.0 Å². The van der Waals surface area contributed by atoms with Crippen molar-refractivity contribution in [1.82, 2.24) is 15.5 Å². The van der Waals surface area contributed by atoms with E-state index in [0.29, 0.717) is 17.4 Å². The number of nitrogens with zero attached hydrogens (tertiary/aromatic N) is 2. The lowest BCUT2D eigenvalue weighted by Crippen LogP contribution is -2.24. The zero-order valence-corrected chi connectivity index (χ0v) is 15.5. The normalized spacial score (nSPS) is 10.6. The van der Waals surface area contributed by atoms with Crippen LogP contribution in [-0.4, -0.2) is 21.9 Å². The number of amides is 1. The van der Waals surface area contributed by atoms with E-state index in [2.05, 4.69) is 46.8 Å². The van der Waals surface area contributed by atoms with E-state index in [1.165, 1.54) is 28.7 Å². The second kappa shape index (κ2) is 8.17. The number of thioether (sulfide) groups is 1. The molecule has 6 nitrogen and oxygen atoms in total. The summed E-state index contributed by atoms with van der Waals surface area (Å²) in [5.41, 5.74) is 3.38. The van der Waals surface area contributed by atoms with E-state index in [9.17, 15) is 4.79 Å². The smallest absolute Gasteiger partial charge is 0.230 e. The second-order valence-corrected chi connectivity index (χ2v) is 7.66. The molecule has 0 saturated carbocycles. The van der Waals surface area contributed by atoms with Gasteiger partial charge in [-0.2, -0.15) is 0 Å². The highest BCUT2D eigenvalue weighted by Gasteiger charge is 2.09. The van der Waals surface area contributed by atoms with Crippen LogP contribution in [0.4, 0.5) is 10.8 Å². The standard InChI is InChI=1S/C17H18N4O2S2/c1-11-5-6-14(12(2)8-11)19-16-20-21-17(25-16)24-10-15(22)18-9-13-4-3-7-23-13/h3-8H,9-10H2,1-2H3,(H,18,22)(H,19,20). The van der Waals surface area contributed by atoms with Crippen LogP contribution in [-0.2, 0) is 11.3 Å². The van der Waals surface area contributed by atoms with Crippen LogP contribution >= 0.6 is 23.1 Å². The average molecular weight is 374 g/mol. The molecular weight excluding hydrogens is 356 g/mol. The van der Waals surface area contributed by atoms with Gasteiger partial charge in [-0.15, -0.1) is 10.2 Å². The maximum absolute atomic E-state index is 11.9. The molecule has 0 saturated heterocycles. The predicted molar refractivity (Wildman–Crippen MR) is 100 cm³/mol. The van der Waals surface area contributed by atoms with Crippen molar-refractivity contribution < 1.29 is 9.21 Å². The van der Waals surface area contributed by atoms with Crippen molar-refractivity contribution in [1.29, 1.82) is 0 Å². The van der Waals surface area contributed by atoms with Gasteiger partial charge >= 0.3 is 0 Å². The van der Waals surface area contributed by atoms with E-state index in [4.69, 9.17) is 4.42 Å². The maximum atomic E-state index is 11.9. The van der Waals surface area contributed by atoms with E-state index in [1.807, 2.05) is 12.1 Å². The number of nitrogens with one attached hydrogen (secondary N) is 2. The third-order valence-corrected chi connectivity index (χ3v) is 5.37. The van der Waals surface area contributed by atoms with Gasteiger partial charge in [-0.1, -0.05) is 40.8 Å². The van der Waals surface area contributed by atoms with Gasteiger partial charge in [0, 0.05) is 5.69 Å². The van der Waals surface area contributed by atoms with Crippen LogP contribution in [0.15, 0.2) is 45.4 Å². The van der Waals surface area contributed by atoms with Gasteiger partial charge in [0.25, 0.3) is 0 Å². The Morgan fingerprint density at radius 1 is 1.28 bits per heavy atom. The number of furan rings is 1. The Morgan fingerprint density at radius 2 is 2.16 bits per heavy atom. The summed E-state index contributed by atoms with van der Waals surface area (Å²) in [5, 5.41) is 15.0. The number of anilines is 2. The molecule has 130 valence electrons. The highest BCUT2D eigenvalue weighted by atomic mass is 32.2. The second-order valence-electron chi connectivity index (χ2n) is 5.46. The molecule has 8 heteroatoms. The first kappa shape index (κ1) is 17.5. The van der Waals surface area contributed by atoms with Crippen LogP contribution in [0, 0.1) is 13.8 Å². The lowest BCUT2D eigenvalue weighted by atomic mass is 10.1. The molecule has 2 heterocycles. The Labute approximate surface area is 154 Å². The molecule has 0 spiro atoms. The zero-order chi connectivity index (χ0) is 17.6. The van der Waals surface area contributed by atoms with Gasteiger partial charge in [0.15, 0.2) is 4.34 Å². The lowest BCUT2D eigenvalue weighted by Gasteiger charge is -2.06. The number of carbonyl (C=O) groups excluding carboxylic acids is 1. The summed E-state index contributed by atoms with van der Waals surface area (Å²) in [6, 6.07) is 9.81. The van der Waals surface area contributed by atoms with Crippen molar-refractivity contribution in [3.05, 3.63) is 53.5 Å². The van der Waals surface area contributed by atoms with Crippen LogP contribution in [0.5, 0.6) is 0 Å². The van der Waals surface area contributed by atoms with Crippen LogP contribution in [0.3, 0.4) is 0 Å². The Kier molecular flexibility index (Phi) is 5.72. The monoisotopic (exact) mass is 374 g/mol. The molecule has 0 radical (unpaired) electrons. The molecule has 0 bridgehead atoms. The molecule has 0 aliphatic carbocycles. The third kappa shape index (κ3) is 5.07. The highest BCUT2D eigenvalue weighted by molar-refractivity contribution is 8.01. The number of hydrogen-bond donors (Lipinski definition) is 2. The van der Waals surface area contributed by atoms with Crippen molar-refractivity contribution in [2.45, 2.75) is 24.7 Å². The largest absolute Gasteiger partial charge is 0.467 e. The molecule has 2 aromatic heterocycles. The Hall–Kier alpha value is -2.32. The molecule has 25 heavy (non-hydrogen) atoms. The van der Waals surface area contributed by atoms with E-state index in [1.54, 1.807) is 12.3 Å². The predicted octanol–water partition coefficient (Wildman–Crippen LogP) is 3.90. The van der Waals surface area contributed by atoms with E-state index >= 15 is 0 Å². The number of rotatable bonds is 7. The van der Waals surface area contributed by atoms with Crippen molar-refractivity contribution in [2.75, 3.05) is 11.1 Å². The fraction of sp³-hybridized carbons (Fsp3) is 0.235. The van der Waals surface area contributed by atoms with Gasteiger partial charge in [0.1, 0.15) is 5.76 Å². The summed E-state index contributed by atoms with van der Waals surface area (Å²) in [4.78, 5) is 11.9. The quantitative estimate of drug-likeness (QED) is 0.611. The Balaban J connectivity index is 1.48. The molecule has 0 aliphatic heterocycles. The third-order valence-electron chi connectivity index (χ3n) is 3.40. The minimum atomic E-state index is -0.0690. The summed E-state index contributed by atoms with van der Waals surface area (Å²) in [5.74, 6) is 0.952. The fourth-order valence-electron chi connectivity index (χ4n) is 2.16. The first-order valence-corrected chi connectivity index (χ1v) is 9.50. The summed E-state index contributed by atoms with van der Waals surface area (Å²) in [6.45, 7) is 4.50. The average Bonchev–Trinajstić information content (AvgIpc) is 3.25. The molecule has 0 unspecified atom stereocenters. The van der Waals surface area contributed by atoms with Crippen molar-refractivity contribution >= 4 is 39.8 Å². The molecule has 1 amide bonds. The number of carbonyl (C=O) groups is 1. The maximum Gasteiger partial charge on any atom is 0.230 e. The van der Waals surface area contributed by atoms with Gasteiger partial charge < -0.3 is 15.1 Å². The Morgan fingerprint density at radius 3 is 2.92 bits per heavy atom. The van der Waals surface area contributed by atoms with Crippen LogP contribution in [0.25, 0.3) is 0 Å². The minimum Gasteiger partial charge on any atom is -0.467 e. The first-order chi connectivity index (χ1) is 12.1. The summed E-state index contributed by atoms with van der Waals surface area (Å²) < 4.78 is 5.92. The Bertz CT molecular complexity index is 846. The van der Waals surface area contributed by atoms with E-state index in [-0.39, 0.29) is 5.91 Å². The molecule has 1 aromatic carbocycles. The number of benzene rings is 1. The van der Waals surface area contributed by atoms with Crippen molar-refractivity contribution in [3.63, 3.8) is 0 Å². The van der Waals surface area contributed by atoms with Crippen molar-refractivity contribution in [2.24, 2.45) is 0 Å². The number of aryl methyl sites for hydroxylation is 2. The topological polar surface area (TPSA) is 80.0 Å². The fourth-order valence-corrected chi connectivity index (χ4v) is 3.76. The summed E-state index contributed by atoms with van der Waals surface area (Å²) in [6.07, 6.45) is 1.59. The molecule has 3 aromatic rings. The van der Waals surface area contributed by atoms with Gasteiger partial charge in [-0.3, -0.25) is 4.79 Å². The first-order valence-electron chi connectivity index (χ1n) is 7.70. The molecule has 2 N–H and O–H groups in total. The van der Waals surface area contributed by atoms with E-state index in [0.717, 1.165) is 21.4 Å². The minimum absolute atomic E-state index is 0.0690. The zero-order valence-electron chi connectivity index (χ0n) is 13.9. The van der Waals surface area contributed by atoms with Crippen LogP contribution in [0.1, 0.15) is 16.9 Å². The number of aromatic nitrogens is 2. The molecule has 3 rings (SSSR count). The highest BCUT2D eigenvalue weighted by Crippen LogP contribution is 2.28. The van der Waals surface area contributed by atoms with Crippen LogP contribution < -0.4 is 10.6 Å². The summed E-state index contributed by atoms with van der Waals surface area (Å²) >= 11 is 2.80.